The summed E-state index contributed by atoms with van der Waals surface area (Å²) in [5.74, 6) is 0. The Kier molecular flexibility index (Phi) is 3.79. The van der Waals surface area contributed by atoms with Crippen LogP contribution >= 0.6 is 61.6 Å². The van der Waals surface area contributed by atoms with Gasteiger partial charge in [-0.1, -0.05) is 15.9 Å². The Morgan fingerprint density at radius 2 is 2.29 bits per heavy atom. The van der Waals surface area contributed by atoms with E-state index in [1.807, 2.05) is 23.1 Å². The van der Waals surface area contributed by atoms with Gasteiger partial charge in [-0.15, -0.1) is 23.1 Å². The van der Waals surface area contributed by atoms with E-state index in [1.165, 1.54) is 24.1 Å². The van der Waals surface area contributed by atoms with Gasteiger partial charge in [0.15, 0.2) is 0 Å². The molecule has 14 heavy (non-hydrogen) atoms. The molecule has 0 aliphatic heterocycles. The fraction of sp³-hybridized carbons (Fsp3) is 0.200. The molecule has 2 rings (SSSR count). The molecule has 0 radical (unpaired) electrons. The van der Waals surface area contributed by atoms with Crippen molar-refractivity contribution in [3.8, 4) is 0 Å². The zero-order valence-electron chi connectivity index (χ0n) is 7.51. The van der Waals surface area contributed by atoms with Crippen LogP contribution in [0.1, 0.15) is 5.56 Å². The minimum absolute atomic E-state index is 0.933. The summed E-state index contributed by atoms with van der Waals surface area (Å²) < 4.78 is 2.78. The maximum Gasteiger partial charge on any atom is 0.0489 e. The third-order valence-electron chi connectivity index (χ3n) is 2.03. The van der Waals surface area contributed by atoms with Gasteiger partial charge in [0, 0.05) is 29.3 Å². The molecule has 0 N–H and O–H groups in total. The van der Waals surface area contributed by atoms with Crippen LogP contribution < -0.4 is 0 Å². The molecule has 0 bridgehead atoms. The smallest absolute Gasteiger partial charge is 0.0489 e. The number of hydrogen-bond donors (Lipinski definition) is 0. The van der Waals surface area contributed by atoms with Crippen LogP contribution in [0.25, 0.3) is 10.1 Å². The van der Waals surface area contributed by atoms with Crippen molar-refractivity contribution in [2.75, 3.05) is 6.26 Å². The van der Waals surface area contributed by atoms with E-state index in [4.69, 9.17) is 0 Å². The number of rotatable bonds is 2. The summed E-state index contributed by atoms with van der Waals surface area (Å²) >= 11 is 9.58. The van der Waals surface area contributed by atoms with Gasteiger partial charge >= 0.3 is 0 Å². The molecule has 4 heteroatoms. The lowest BCUT2D eigenvalue weighted by atomic mass is 10.2. The SMILES string of the molecule is CSc1cc(CBr)cc2c(I)csc12. The molecule has 0 saturated heterocycles. The van der Waals surface area contributed by atoms with Crippen molar-refractivity contribution in [1.29, 1.82) is 0 Å². The van der Waals surface area contributed by atoms with Crippen LogP contribution in [0.2, 0.25) is 0 Å². The van der Waals surface area contributed by atoms with Gasteiger partial charge in [0.1, 0.15) is 0 Å². The lowest BCUT2D eigenvalue weighted by molar-refractivity contribution is 1.40. The van der Waals surface area contributed by atoms with Gasteiger partial charge in [0.05, 0.1) is 0 Å². The number of thioether (sulfide) groups is 1. The molecule has 0 saturated carbocycles. The number of thiophene rings is 1. The Morgan fingerprint density at radius 3 is 2.93 bits per heavy atom. The van der Waals surface area contributed by atoms with Crippen LogP contribution in [0.5, 0.6) is 0 Å². The average molecular weight is 399 g/mol. The molecule has 0 aliphatic carbocycles. The van der Waals surface area contributed by atoms with Crippen LogP contribution in [-0.2, 0) is 5.33 Å². The van der Waals surface area contributed by atoms with Crippen molar-refractivity contribution >= 4 is 71.7 Å². The molecule has 1 aromatic heterocycles. The molecular formula is C10H8BrIS2. The third kappa shape index (κ3) is 1.99. The summed E-state index contributed by atoms with van der Waals surface area (Å²) in [7, 11) is 0. The monoisotopic (exact) mass is 398 g/mol. The van der Waals surface area contributed by atoms with Gasteiger partial charge in [-0.3, -0.25) is 0 Å². The van der Waals surface area contributed by atoms with Crippen LogP contribution in [0.4, 0.5) is 0 Å². The second-order valence-corrected chi connectivity index (χ2v) is 6.34. The molecular weight excluding hydrogens is 391 g/mol. The largest absolute Gasteiger partial charge is 0.141 e. The molecule has 0 amide bonds. The van der Waals surface area contributed by atoms with E-state index in [0.29, 0.717) is 0 Å². The second kappa shape index (κ2) is 4.72. The summed E-state index contributed by atoms with van der Waals surface area (Å²) in [5.41, 5.74) is 1.36. The predicted octanol–water partition coefficient (Wildman–Crippen LogP) is 5.12. The summed E-state index contributed by atoms with van der Waals surface area (Å²) in [6.45, 7) is 0. The highest BCUT2D eigenvalue weighted by Gasteiger charge is 2.07. The first-order valence-corrected chi connectivity index (χ1v) is 8.36. The summed E-state index contributed by atoms with van der Waals surface area (Å²) in [4.78, 5) is 1.39. The van der Waals surface area contributed by atoms with Crippen LogP contribution in [0, 0.1) is 3.57 Å². The van der Waals surface area contributed by atoms with Crippen molar-refractivity contribution in [2.45, 2.75) is 10.2 Å². The van der Waals surface area contributed by atoms with E-state index in [2.05, 4.69) is 62.3 Å². The predicted molar refractivity (Wildman–Crippen MR) is 79.0 cm³/mol. The molecule has 0 atom stereocenters. The van der Waals surface area contributed by atoms with Crippen molar-refractivity contribution < 1.29 is 0 Å². The first-order valence-electron chi connectivity index (χ1n) is 4.06. The minimum atomic E-state index is 0.933. The molecule has 1 heterocycles. The zero-order chi connectivity index (χ0) is 10.1. The maximum atomic E-state index is 3.51. The van der Waals surface area contributed by atoms with Crippen LogP contribution in [-0.4, -0.2) is 6.26 Å². The Balaban J connectivity index is 2.76. The lowest BCUT2D eigenvalue weighted by Gasteiger charge is -2.02. The Hall–Kier alpha value is 0.740. The standard InChI is InChI=1S/C10H8BrIS2/c1-13-9-3-6(4-11)2-7-8(12)5-14-10(7)9/h2-3,5H,4H2,1H3. The summed E-state index contributed by atoms with van der Waals surface area (Å²) in [6.07, 6.45) is 2.14. The van der Waals surface area contributed by atoms with Crippen molar-refractivity contribution in [2.24, 2.45) is 0 Å². The molecule has 0 unspecified atom stereocenters. The van der Waals surface area contributed by atoms with E-state index in [-0.39, 0.29) is 0 Å². The van der Waals surface area contributed by atoms with Gasteiger partial charge in [0.25, 0.3) is 0 Å². The first-order chi connectivity index (χ1) is 6.76. The van der Waals surface area contributed by atoms with E-state index in [0.717, 1.165) is 5.33 Å². The van der Waals surface area contributed by atoms with Gasteiger partial charge in [0.2, 0.25) is 0 Å². The molecule has 1 aromatic carbocycles. The first kappa shape index (κ1) is 11.2. The van der Waals surface area contributed by atoms with Gasteiger partial charge in [-0.2, -0.15) is 0 Å². The maximum absolute atomic E-state index is 3.51. The van der Waals surface area contributed by atoms with E-state index in [9.17, 15) is 0 Å². The zero-order valence-corrected chi connectivity index (χ0v) is 12.9. The normalized spacial score (nSPS) is 11.1. The topological polar surface area (TPSA) is 0 Å². The fourth-order valence-corrected chi connectivity index (χ4v) is 4.45. The highest BCUT2D eigenvalue weighted by Crippen LogP contribution is 2.36. The quantitative estimate of drug-likeness (QED) is 0.384. The number of halogens is 2. The summed E-state index contributed by atoms with van der Waals surface area (Å²) in [5, 5.41) is 4.56. The highest BCUT2D eigenvalue weighted by atomic mass is 127. The molecule has 74 valence electrons. The van der Waals surface area contributed by atoms with Crippen molar-refractivity contribution in [3.63, 3.8) is 0 Å². The second-order valence-electron chi connectivity index (χ2n) is 2.89. The fourth-order valence-electron chi connectivity index (χ4n) is 1.36. The highest BCUT2D eigenvalue weighted by molar-refractivity contribution is 14.1. The molecule has 0 nitrogen and oxygen atoms in total. The van der Waals surface area contributed by atoms with Crippen molar-refractivity contribution in [1.82, 2.24) is 0 Å². The number of alkyl halides is 1. The minimum Gasteiger partial charge on any atom is -0.141 e. The molecule has 0 aliphatic rings. The summed E-state index contributed by atoms with van der Waals surface area (Å²) in [6, 6.07) is 4.55. The van der Waals surface area contributed by atoms with E-state index in [1.54, 1.807) is 0 Å². The number of fused-ring (bicyclic) bond motifs is 1. The molecule has 2 aromatic rings. The Morgan fingerprint density at radius 1 is 1.50 bits per heavy atom. The Labute approximate surface area is 114 Å². The van der Waals surface area contributed by atoms with Gasteiger partial charge < -0.3 is 0 Å². The average Bonchev–Trinajstić information content (AvgIpc) is 2.59. The third-order valence-corrected chi connectivity index (χ3v) is 5.91. The number of benzene rings is 1. The van der Waals surface area contributed by atoms with Gasteiger partial charge in [-0.05, 0) is 46.5 Å². The molecule has 0 spiro atoms. The van der Waals surface area contributed by atoms with E-state index < -0.39 is 0 Å². The lowest BCUT2D eigenvalue weighted by Crippen LogP contribution is -1.80. The van der Waals surface area contributed by atoms with E-state index >= 15 is 0 Å². The van der Waals surface area contributed by atoms with Crippen LogP contribution in [0.3, 0.4) is 0 Å². The van der Waals surface area contributed by atoms with Gasteiger partial charge in [-0.25, -0.2) is 0 Å². The van der Waals surface area contributed by atoms with Crippen molar-refractivity contribution in [3.05, 3.63) is 26.6 Å². The molecule has 0 fully saturated rings. The number of hydrogen-bond acceptors (Lipinski definition) is 2. The van der Waals surface area contributed by atoms with Crippen LogP contribution in [0.15, 0.2) is 22.4 Å². The Bertz CT molecular complexity index is 464.